The average Bonchev–Trinajstić information content (AvgIpc) is 3.06. The van der Waals surface area contributed by atoms with Crippen molar-refractivity contribution in [3.05, 3.63) is 77.9 Å². The number of benzene rings is 2. The van der Waals surface area contributed by atoms with Crippen molar-refractivity contribution in [3.63, 3.8) is 0 Å². The maximum absolute atomic E-state index is 12.8. The summed E-state index contributed by atoms with van der Waals surface area (Å²) >= 11 is 7.59. The fourth-order valence-corrected chi connectivity index (χ4v) is 4.62. The molecule has 1 heterocycles. The third kappa shape index (κ3) is 4.22. The molecule has 0 unspecified atom stereocenters. The zero-order valence-electron chi connectivity index (χ0n) is 17.2. The van der Waals surface area contributed by atoms with E-state index in [2.05, 4.69) is 44.0 Å². The molecule has 156 valence electrons. The Bertz CT molecular complexity index is 1210. The molecule has 6 nitrogen and oxygen atoms in total. The largest absolute Gasteiger partial charge is 0.316 e. The molecule has 8 heteroatoms. The summed E-state index contributed by atoms with van der Waals surface area (Å²) in [5.74, 6) is -0.521. The van der Waals surface area contributed by atoms with Gasteiger partial charge in [-0.05, 0) is 56.0 Å². The number of carbonyl (C=O) groups excluding carboxylic acids is 1. The molecule has 0 N–H and O–H groups in total. The van der Waals surface area contributed by atoms with Crippen molar-refractivity contribution in [3.8, 4) is 11.3 Å². The van der Waals surface area contributed by atoms with Crippen LogP contribution in [-0.4, -0.2) is 15.4 Å². The molecule has 3 rings (SSSR count). The number of amides is 1. The second kappa shape index (κ2) is 8.93. The Morgan fingerprint density at radius 1 is 1.17 bits per heavy atom. The molecule has 1 aromatic heterocycles. The zero-order valence-corrected chi connectivity index (χ0v) is 18.8. The van der Waals surface area contributed by atoms with Gasteiger partial charge in [-0.3, -0.25) is 14.9 Å². The van der Waals surface area contributed by atoms with E-state index in [1.807, 2.05) is 11.5 Å². The van der Waals surface area contributed by atoms with Gasteiger partial charge in [0.25, 0.3) is 11.6 Å². The van der Waals surface area contributed by atoms with Crippen molar-refractivity contribution >= 4 is 34.5 Å². The highest BCUT2D eigenvalue weighted by molar-refractivity contribution is 7.09. The third-order valence-electron chi connectivity index (χ3n) is 4.99. The maximum atomic E-state index is 12.8. The number of carbonyl (C=O) groups is 1. The Morgan fingerprint density at radius 3 is 2.47 bits per heavy atom. The summed E-state index contributed by atoms with van der Waals surface area (Å²) in [7, 11) is 0. The van der Waals surface area contributed by atoms with Crippen LogP contribution in [0, 0.1) is 24.0 Å². The molecule has 0 saturated heterocycles. The van der Waals surface area contributed by atoms with E-state index in [0.717, 1.165) is 22.6 Å². The SMILES string of the molecule is CCc1sc(=NC(=O)c2ccc([N+](=O)[O-])cc2Cl)n(CC)c1-c1ccc(C)c(C)c1. The molecule has 0 aliphatic heterocycles. The number of aryl methyl sites for hydroxylation is 3. The van der Waals surface area contributed by atoms with E-state index in [4.69, 9.17) is 11.6 Å². The Hall–Kier alpha value is -2.77. The average molecular weight is 444 g/mol. The molecular weight excluding hydrogens is 422 g/mol. The van der Waals surface area contributed by atoms with Crippen LogP contribution in [0.1, 0.15) is 40.2 Å². The number of hydrogen-bond acceptors (Lipinski definition) is 4. The summed E-state index contributed by atoms with van der Waals surface area (Å²) < 4.78 is 2.03. The number of rotatable bonds is 5. The van der Waals surface area contributed by atoms with Crippen molar-refractivity contribution in [2.24, 2.45) is 4.99 Å². The normalized spacial score (nSPS) is 11.7. The minimum absolute atomic E-state index is 0.0163. The summed E-state index contributed by atoms with van der Waals surface area (Å²) in [6.45, 7) is 8.90. The summed E-state index contributed by atoms with van der Waals surface area (Å²) in [6, 6.07) is 10.1. The monoisotopic (exact) mass is 443 g/mol. The van der Waals surface area contributed by atoms with Gasteiger partial charge in [0.1, 0.15) is 0 Å². The van der Waals surface area contributed by atoms with Gasteiger partial charge in [0.05, 0.1) is 21.2 Å². The molecule has 30 heavy (non-hydrogen) atoms. The Morgan fingerprint density at radius 2 is 1.90 bits per heavy atom. The van der Waals surface area contributed by atoms with Crippen molar-refractivity contribution < 1.29 is 9.72 Å². The second-order valence-corrected chi connectivity index (χ2v) is 8.36. The van der Waals surface area contributed by atoms with Gasteiger partial charge in [-0.2, -0.15) is 4.99 Å². The van der Waals surface area contributed by atoms with E-state index in [1.165, 1.54) is 40.7 Å². The summed E-state index contributed by atoms with van der Waals surface area (Å²) in [5.41, 5.74) is 4.56. The number of non-ortho nitro benzene ring substituents is 1. The van der Waals surface area contributed by atoms with Gasteiger partial charge in [-0.15, -0.1) is 11.3 Å². The lowest BCUT2D eigenvalue weighted by Crippen LogP contribution is -2.17. The van der Waals surface area contributed by atoms with E-state index in [0.29, 0.717) is 11.3 Å². The highest BCUT2D eigenvalue weighted by Gasteiger charge is 2.18. The summed E-state index contributed by atoms with van der Waals surface area (Å²) in [4.78, 5) is 29.2. The Labute approximate surface area is 183 Å². The molecule has 2 aromatic carbocycles. The number of aromatic nitrogens is 1. The number of nitrogens with zero attached hydrogens (tertiary/aromatic N) is 3. The zero-order chi connectivity index (χ0) is 22.0. The van der Waals surface area contributed by atoms with Crippen LogP contribution in [0.5, 0.6) is 0 Å². The van der Waals surface area contributed by atoms with Crippen LogP contribution in [0.3, 0.4) is 0 Å². The third-order valence-corrected chi connectivity index (χ3v) is 6.52. The second-order valence-electron chi connectivity index (χ2n) is 6.89. The van der Waals surface area contributed by atoms with E-state index in [9.17, 15) is 14.9 Å². The lowest BCUT2D eigenvalue weighted by molar-refractivity contribution is -0.384. The van der Waals surface area contributed by atoms with Crippen molar-refractivity contribution in [2.45, 2.75) is 40.7 Å². The van der Waals surface area contributed by atoms with Crippen molar-refractivity contribution in [1.82, 2.24) is 4.57 Å². The van der Waals surface area contributed by atoms with Gasteiger partial charge in [-0.1, -0.05) is 30.7 Å². The molecule has 0 saturated carbocycles. The summed E-state index contributed by atoms with van der Waals surface area (Å²) in [6.07, 6.45) is 0.814. The van der Waals surface area contributed by atoms with Gasteiger partial charge in [-0.25, -0.2) is 0 Å². The van der Waals surface area contributed by atoms with Gasteiger partial charge in [0.2, 0.25) is 0 Å². The van der Waals surface area contributed by atoms with Crippen LogP contribution in [0.25, 0.3) is 11.3 Å². The number of nitro benzene ring substituents is 1. The van der Waals surface area contributed by atoms with Crippen LogP contribution in [0.4, 0.5) is 5.69 Å². The highest BCUT2D eigenvalue weighted by atomic mass is 35.5. The first-order valence-corrected chi connectivity index (χ1v) is 10.8. The lowest BCUT2D eigenvalue weighted by Gasteiger charge is -2.10. The molecule has 0 bridgehead atoms. The van der Waals surface area contributed by atoms with Crippen LogP contribution >= 0.6 is 22.9 Å². The van der Waals surface area contributed by atoms with Crippen LogP contribution in [0.15, 0.2) is 41.4 Å². The van der Waals surface area contributed by atoms with E-state index in [-0.39, 0.29) is 16.3 Å². The number of hydrogen-bond donors (Lipinski definition) is 0. The first-order chi connectivity index (χ1) is 14.3. The fraction of sp³-hybridized carbons (Fsp3) is 0.273. The van der Waals surface area contributed by atoms with Gasteiger partial charge < -0.3 is 4.57 Å². The quantitative estimate of drug-likeness (QED) is 0.373. The molecule has 1 amide bonds. The molecule has 3 aromatic rings. The van der Waals surface area contributed by atoms with E-state index in [1.54, 1.807) is 0 Å². The van der Waals surface area contributed by atoms with Crippen molar-refractivity contribution in [2.75, 3.05) is 0 Å². The van der Waals surface area contributed by atoms with Gasteiger partial charge >= 0.3 is 0 Å². The standard InChI is InChI=1S/C22H22ClN3O3S/c1-5-19-20(15-8-7-13(3)14(4)11-15)25(6-2)22(30-19)24-21(27)17-10-9-16(26(28)29)12-18(17)23/h7-12H,5-6H2,1-4H3. The minimum Gasteiger partial charge on any atom is -0.316 e. The Balaban J connectivity index is 2.13. The number of nitro groups is 1. The number of thiazole rings is 1. The molecule has 0 fully saturated rings. The predicted molar refractivity (Wildman–Crippen MR) is 120 cm³/mol. The molecule has 0 radical (unpaired) electrons. The summed E-state index contributed by atoms with van der Waals surface area (Å²) in [5, 5.41) is 10.9. The Kier molecular flexibility index (Phi) is 6.53. The number of halogens is 1. The highest BCUT2D eigenvalue weighted by Crippen LogP contribution is 2.29. The van der Waals surface area contributed by atoms with Gasteiger partial charge in [0, 0.05) is 23.6 Å². The molecule has 0 aliphatic carbocycles. The van der Waals surface area contributed by atoms with Crippen molar-refractivity contribution in [1.29, 1.82) is 0 Å². The van der Waals surface area contributed by atoms with E-state index >= 15 is 0 Å². The lowest BCUT2D eigenvalue weighted by atomic mass is 10.0. The predicted octanol–water partition coefficient (Wildman–Crippen LogP) is 5.72. The van der Waals surface area contributed by atoms with Crippen LogP contribution < -0.4 is 4.80 Å². The minimum atomic E-state index is -0.551. The first-order valence-electron chi connectivity index (χ1n) is 9.59. The molecular formula is C22H22ClN3O3S. The van der Waals surface area contributed by atoms with Crippen LogP contribution in [0.2, 0.25) is 5.02 Å². The van der Waals surface area contributed by atoms with Gasteiger partial charge in [0.15, 0.2) is 4.80 Å². The molecule has 0 spiro atoms. The smallest absolute Gasteiger partial charge is 0.281 e. The molecule has 0 aliphatic rings. The first kappa shape index (κ1) is 21.9. The van der Waals surface area contributed by atoms with E-state index < -0.39 is 10.8 Å². The maximum Gasteiger partial charge on any atom is 0.281 e. The van der Waals surface area contributed by atoms with Crippen LogP contribution in [-0.2, 0) is 13.0 Å². The fourth-order valence-electron chi connectivity index (χ4n) is 3.22. The molecule has 0 atom stereocenters. The topological polar surface area (TPSA) is 77.5 Å².